The van der Waals surface area contributed by atoms with Crippen LogP contribution in [0.4, 0.5) is 0 Å². The van der Waals surface area contributed by atoms with E-state index >= 15 is 0 Å². The molecule has 0 bridgehead atoms. The fourth-order valence-electron chi connectivity index (χ4n) is 2.44. The molecule has 0 amide bonds. The van der Waals surface area contributed by atoms with Gasteiger partial charge in [0, 0.05) is 23.5 Å². The molecular weight excluding hydrogens is 278 g/mol. The van der Waals surface area contributed by atoms with Crippen molar-refractivity contribution in [3.8, 4) is 5.75 Å². The summed E-state index contributed by atoms with van der Waals surface area (Å²) in [4.78, 5) is 13.9. The zero-order valence-corrected chi connectivity index (χ0v) is 12.1. The topological polar surface area (TPSA) is 62.3 Å². The van der Waals surface area contributed by atoms with Gasteiger partial charge in [0.1, 0.15) is 12.4 Å². The van der Waals surface area contributed by atoms with Crippen LogP contribution in [0.15, 0.2) is 54.7 Å². The van der Waals surface area contributed by atoms with Gasteiger partial charge in [-0.15, -0.1) is 0 Å². The first kappa shape index (κ1) is 14.2. The van der Waals surface area contributed by atoms with Crippen LogP contribution >= 0.6 is 0 Å². The Balaban J connectivity index is 1.76. The van der Waals surface area contributed by atoms with Crippen LogP contribution in [0, 0.1) is 0 Å². The number of H-pyrrole nitrogens is 1. The standard InChI is InChI=1S/C18H17NO3/c20-18(21)9-6-14-11-19-17-8-7-15(10-16(14)17)22-12-13-4-2-1-3-5-13/h1-5,7-8,10-11,19H,6,9,12H2,(H,20,21). The smallest absolute Gasteiger partial charge is 0.303 e. The predicted octanol–water partition coefficient (Wildman–Crippen LogP) is 3.76. The molecule has 0 aliphatic rings. The van der Waals surface area contributed by atoms with E-state index in [1.807, 2.05) is 54.7 Å². The molecule has 22 heavy (non-hydrogen) atoms. The average molecular weight is 295 g/mol. The number of fused-ring (bicyclic) bond motifs is 1. The molecule has 0 aliphatic heterocycles. The number of hydrogen-bond donors (Lipinski definition) is 2. The highest BCUT2D eigenvalue weighted by Gasteiger charge is 2.07. The monoisotopic (exact) mass is 295 g/mol. The van der Waals surface area contributed by atoms with Crippen molar-refractivity contribution < 1.29 is 14.6 Å². The Morgan fingerprint density at radius 3 is 2.73 bits per heavy atom. The number of rotatable bonds is 6. The molecule has 0 radical (unpaired) electrons. The first-order valence-electron chi connectivity index (χ1n) is 7.21. The van der Waals surface area contributed by atoms with Crippen LogP contribution in [0.3, 0.4) is 0 Å². The SMILES string of the molecule is O=C(O)CCc1c[nH]c2ccc(OCc3ccccc3)cc12. The molecule has 3 aromatic rings. The van der Waals surface area contributed by atoms with Crippen LogP contribution in [0.1, 0.15) is 17.5 Å². The van der Waals surface area contributed by atoms with Crippen molar-refractivity contribution in [3.63, 3.8) is 0 Å². The third-order valence-electron chi connectivity index (χ3n) is 3.60. The van der Waals surface area contributed by atoms with E-state index in [4.69, 9.17) is 9.84 Å². The van der Waals surface area contributed by atoms with Gasteiger partial charge in [0.15, 0.2) is 0 Å². The normalized spacial score (nSPS) is 10.7. The Hall–Kier alpha value is -2.75. The minimum atomic E-state index is -0.786. The van der Waals surface area contributed by atoms with Gasteiger partial charge in [-0.25, -0.2) is 0 Å². The van der Waals surface area contributed by atoms with Gasteiger partial charge in [-0.3, -0.25) is 4.79 Å². The Labute approximate surface area is 128 Å². The summed E-state index contributed by atoms with van der Waals surface area (Å²) in [6.45, 7) is 0.515. The Bertz CT molecular complexity index is 777. The summed E-state index contributed by atoms with van der Waals surface area (Å²) in [5.41, 5.74) is 3.11. The van der Waals surface area contributed by atoms with Gasteiger partial charge in [0.2, 0.25) is 0 Å². The quantitative estimate of drug-likeness (QED) is 0.727. The number of benzene rings is 2. The Morgan fingerprint density at radius 2 is 1.95 bits per heavy atom. The van der Waals surface area contributed by atoms with E-state index in [0.717, 1.165) is 27.8 Å². The summed E-state index contributed by atoms with van der Waals surface area (Å²) in [6.07, 6.45) is 2.51. The highest BCUT2D eigenvalue weighted by Crippen LogP contribution is 2.25. The van der Waals surface area contributed by atoms with Gasteiger partial charge >= 0.3 is 5.97 Å². The van der Waals surface area contributed by atoms with E-state index < -0.39 is 5.97 Å². The lowest BCUT2D eigenvalue weighted by Gasteiger charge is -2.07. The van der Waals surface area contributed by atoms with Gasteiger partial charge in [-0.1, -0.05) is 30.3 Å². The Kier molecular flexibility index (Phi) is 4.10. The number of nitrogens with one attached hydrogen (secondary N) is 1. The van der Waals surface area contributed by atoms with Gasteiger partial charge < -0.3 is 14.8 Å². The van der Waals surface area contributed by atoms with Gasteiger partial charge in [0.05, 0.1) is 0 Å². The van der Waals surface area contributed by atoms with Crippen LogP contribution < -0.4 is 4.74 Å². The molecule has 2 N–H and O–H groups in total. The summed E-state index contributed by atoms with van der Waals surface area (Å²) in [5, 5.41) is 9.83. The number of carboxylic acids is 1. The van der Waals surface area contributed by atoms with Crippen molar-refractivity contribution >= 4 is 16.9 Å². The van der Waals surface area contributed by atoms with E-state index in [2.05, 4.69) is 4.98 Å². The van der Waals surface area contributed by atoms with E-state index in [1.54, 1.807) is 0 Å². The van der Waals surface area contributed by atoms with Crippen LogP contribution in [0.5, 0.6) is 5.75 Å². The molecule has 112 valence electrons. The van der Waals surface area contributed by atoms with Crippen LogP contribution in [0.25, 0.3) is 10.9 Å². The zero-order valence-electron chi connectivity index (χ0n) is 12.1. The summed E-state index contributed by atoms with van der Waals surface area (Å²) in [5.74, 6) is -0.00152. The lowest BCUT2D eigenvalue weighted by atomic mass is 10.1. The number of aliphatic carboxylic acids is 1. The molecule has 0 fully saturated rings. The predicted molar refractivity (Wildman–Crippen MR) is 85.0 cm³/mol. The second-order valence-corrected chi connectivity index (χ2v) is 5.19. The van der Waals surface area contributed by atoms with Crippen molar-refractivity contribution in [2.24, 2.45) is 0 Å². The van der Waals surface area contributed by atoms with E-state index in [-0.39, 0.29) is 6.42 Å². The molecule has 0 saturated heterocycles. The molecule has 3 rings (SSSR count). The molecule has 0 unspecified atom stereocenters. The third kappa shape index (κ3) is 3.28. The molecule has 1 heterocycles. The van der Waals surface area contributed by atoms with Crippen molar-refractivity contribution in [1.82, 2.24) is 4.98 Å². The third-order valence-corrected chi connectivity index (χ3v) is 3.60. The summed E-state index contributed by atoms with van der Waals surface area (Å²) >= 11 is 0. The summed E-state index contributed by atoms with van der Waals surface area (Å²) in [6, 6.07) is 15.8. The summed E-state index contributed by atoms with van der Waals surface area (Å²) in [7, 11) is 0. The molecule has 0 spiro atoms. The number of aryl methyl sites for hydroxylation is 1. The highest BCUT2D eigenvalue weighted by atomic mass is 16.5. The largest absolute Gasteiger partial charge is 0.489 e. The molecular formula is C18H17NO3. The molecule has 0 aliphatic carbocycles. The molecule has 0 saturated carbocycles. The maximum Gasteiger partial charge on any atom is 0.303 e. The van der Waals surface area contributed by atoms with E-state index in [0.29, 0.717) is 13.0 Å². The second-order valence-electron chi connectivity index (χ2n) is 5.19. The average Bonchev–Trinajstić information content (AvgIpc) is 2.94. The fraction of sp³-hybridized carbons (Fsp3) is 0.167. The van der Waals surface area contributed by atoms with Gasteiger partial charge in [-0.2, -0.15) is 0 Å². The maximum atomic E-state index is 10.7. The van der Waals surface area contributed by atoms with Crippen molar-refractivity contribution in [1.29, 1.82) is 0 Å². The van der Waals surface area contributed by atoms with E-state index in [1.165, 1.54) is 0 Å². The van der Waals surface area contributed by atoms with Crippen molar-refractivity contribution in [2.45, 2.75) is 19.4 Å². The van der Waals surface area contributed by atoms with Gasteiger partial charge in [0.25, 0.3) is 0 Å². The molecule has 2 aromatic carbocycles. The first-order valence-corrected chi connectivity index (χ1v) is 7.21. The maximum absolute atomic E-state index is 10.7. The zero-order chi connectivity index (χ0) is 15.4. The fourth-order valence-corrected chi connectivity index (χ4v) is 2.44. The highest BCUT2D eigenvalue weighted by molar-refractivity contribution is 5.85. The van der Waals surface area contributed by atoms with E-state index in [9.17, 15) is 4.79 Å². The number of carboxylic acid groups (broad SMARTS) is 1. The minimum absolute atomic E-state index is 0.127. The summed E-state index contributed by atoms with van der Waals surface area (Å²) < 4.78 is 5.82. The molecule has 4 nitrogen and oxygen atoms in total. The van der Waals surface area contributed by atoms with Crippen LogP contribution in [-0.2, 0) is 17.8 Å². The second kappa shape index (κ2) is 6.35. The molecule has 4 heteroatoms. The number of aromatic nitrogens is 1. The first-order chi connectivity index (χ1) is 10.7. The number of ether oxygens (including phenoxy) is 1. The lowest BCUT2D eigenvalue weighted by molar-refractivity contribution is -0.136. The Morgan fingerprint density at radius 1 is 1.14 bits per heavy atom. The number of aromatic amines is 1. The molecule has 0 atom stereocenters. The lowest BCUT2D eigenvalue weighted by Crippen LogP contribution is -1.97. The van der Waals surface area contributed by atoms with Crippen molar-refractivity contribution in [2.75, 3.05) is 0 Å². The molecule has 1 aromatic heterocycles. The number of carbonyl (C=O) groups is 1. The van der Waals surface area contributed by atoms with Crippen LogP contribution in [0.2, 0.25) is 0 Å². The van der Waals surface area contributed by atoms with Gasteiger partial charge in [-0.05, 0) is 35.7 Å². The van der Waals surface area contributed by atoms with Crippen molar-refractivity contribution in [3.05, 3.63) is 65.9 Å². The minimum Gasteiger partial charge on any atom is -0.489 e. The van der Waals surface area contributed by atoms with Crippen LogP contribution in [-0.4, -0.2) is 16.1 Å². The number of hydrogen-bond acceptors (Lipinski definition) is 2.